The highest BCUT2D eigenvalue weighted by atomic mass is 16.5. The molecule has 0 saturated heterocycles. The van der Waals surface area contributed by atoms with Crippen LogP contribution in [0.1, 0.15) is 33.8 Å². The fourth-order valence-corrected chi connectivity index (χ4v) is 3.58. The van der Waals surface area contributed by atoms with E-state index in [0.29, 0.717) is 29.1 Å². The number of hydrogen-bond donors (Lipinski definition) is 3. The van der Waals surface area contributed by atoms with Crippen molar-refractivity contribution in [3.63, 3.8) is 0 Å². The topological polar surface area (TPSA) is 87.7 Å². The van der Waals surface area contributed by atoms with Crippen LogP contribution >= 0.6 is 0 Å². The zero-order valence-corrected chi connectivity index (χ0v) is 15.8. The van der Waals surface area contributed by atoms with Crippen LogP contribution < -0.4 is 15.4 Å². The second kappa shape index (κ2) is 7.67. The van der Waals surface area contributed by atoms with Crippen molar-refractivity contribution < 1.29 is 19.4 Å². The van der Waals surface area contributed by atoms with Crippen LogP contribution in [0.15, 0.2) is 66.7 Å². The highest BCUT2D eigenvalue weighted by Gasteiger charge is 2.27. The van der Waals surface area contributed by atoms with E-state index in [1.807, 2.05) is 24.3 Å². The van der Waals surface area contributed by atoms with E-state index in [0.717, 1.165) is 11.1 Å². The molecule has 146 valence electrons. The zero-order chi connectivity index (χ0) is 20.4. The molecule has 1 aliphatic rings. The van der Waals surface area contributed by atoms with E-state index in [-0.39, 0.29) is 23.5 Å². The lowest BCUT2D eigenvalue weighted by atomic mass is 9.84. The van der Waals surface area contributed by atoms with Gasteiger partial charge in [-0.3, -0.25) is 9.59 Å². The van der Waals surface area contributed by atoms with Gasteiger partial charge in [-0.25, -0.2) is 0 Å². The number of fused-ring (bicyclic) bond motifs is 1. The first-order valence-corrected chi connectivity index (χ1v) is 9.22. The van der Waals surface area contributed by atoms with Gasteiger partial charge < -0.3 is 20.5 Å². The number of hydrogen-bond acceptors (Lipinski definition) is 4. The standard InChI is InChI=1S/C23H20N2O4/c1-29-21-5-3-2-4-18(21)23(28)24-15-8-11-17-19(13-22(27)25-20(17)12-15)14-6-9-16(26)10-7-14/h2-12,19,26H,13H2,1H3,(H,24,28)(H,25,27)/t19-/m0/s1. The molecule has 6 nitrogen and oxygen atoms in total. The molecule has 3 N–H and O–H groups in total. The van der Waals surface area contributed by atoms with Crippen LogP contribution in [0.4, 0.5) is 11.4 Å². The molecule has 29 heavy (non-hydrogen) atoms. The van der Waals surface area contributed by atoms with Gasteiger partial charge in [0.15, 0.2) is 0 Å². The lowest BCUT2D eigenvalue weighted by Crippen LogP contribution is -2.24. The molecule has 0 fully saturated rings. The van der Waals surface area contributed by atoms with Crippen molar-refractivity contribution in [1.29, 1.82) is 0 Å². The highest BCUT2D eigenvalue weighted by molar-refractivity contribution is 6.06. The molecule has 2 amide bonds. The number of para-hydroxylation sites is 1. The fourth-order valence-electron chi connectivity index (χ4n) is 3.58. The molecule has 1 aliphatic heterocycles. The monoisotopic (exact) mass is 388 g/mol. The Hall–Kier alpha value is -3.80. The molecular weight excluding hydrogens is 368 g/mol. The maximum Gasteiger partial charge on any atom is 0.259 e. The summed E-state index contributed by atoms with van der Waals surface area (Å²) in [7, 11) is 1.52. The maximum absolute atomic E-state index is 12.6. The van der Waals surface area contributed by atoms with Gasteiger partial charge >= 0.3 is 0 Å². The maximum atomic E-state index is 12.6. The van der Waals surface area contributed by atoms with Crippen molar-refractivity contribution in [3.8, 4) is 11.5 Å². The average molecular weight is 388 g/mol. The van der Waals surface area contributed by atoms with Crippen molar-refractivity contribution in [2.45, 2.75) is 12.3 Å². The number of rotatable bonds is 4. The summed E-state index contributed by atoms with van der Waals surface area (Å²) < 4.78 is 5.24. The molecular formula is C23H20N2O4. The Labute approximate surface area is 168 Å². The third-order valence-electron chi connectivity index (χ3n) is 5.00. The number of nitrogens with one attached hydrogen (secondary N) is 2. The first-order valence-electron chi connectivity index (χ1n) is 9.22. The normalized spacial score (nSPS) is 15.2. The minimum absolute atomic E-state index is 0.0937. The lowest BCUT2D eigenvalue weighted by Gasteiger charge is -2.26. The number of benzene rings is 3. The molecule has 0 aliphatic carbocycles. The summed E-state index contributed by atoms with van der Waals surface area (Å²) in [5, 5.41) is 15.3. The Bertz CT molecular complexity index is 1080. The number of aromatic hydroxyl groups is 1. The molecule has 0 bridgehead atoms. The quantitative estimate of drug-likeness (QED) is 0.627. The molecule has 0 aromatic heterocycles. The largest absolute Gasteiger partial charge is 0.508 e. The Morgan fingerprint density at radius 2 is 1.86 bits per heavy atom. The predicted octanol–water partition coefficient (Wildman–Crippen LogP) is 4.13. The number of carbonyl (C=O) groups excluding carboxylic acids is 2. The van der Waals surface area contributed by atoms with E-state index in [2.05, 4.69) is 10.6 Å². The Balaban J connectivity index is 1.62. The molecule has 0 saturated carbocycles. The zero-order valence-electron chi connectivity index (χ0n) is 15.8. The minimum atomic E-state index is -0.292. The number of phenolic OH excluding ortho intramolecular Hbond substituents is 1. The van der Waals surface area contributed by atoms with E-state index >= 15 is 0 Å². The van der Waals surface area contributed by atoms with Crippen LogP contribution in [0.3, 0.4) is 0 Å². The van der Waals surface area contributed by atoms with Crippen molar-refractivity contribution in [2.75, 3.05) is 17.7 Å². The number of ether oxygens (including phenoxy) is 1. The predicted molar refractivity (Wildman–Crippen MR) is 111 cm³/mol. The van der Waals surface area contributed by atoms with E-state index < -0.39 is 0 Å². The van der Waals surface area contributed by atoms with Gasteiger partial charge in [0.25, 0.3) is 5.91 Å². The smallest absolute Gasteiger partial charge is 0.259 e. The second-order valence-electron chi connectivity index (χ2n) is 6.85. The van der Waals surface area contributed by atoms with Crippen molar-refractivity contribution >= 4 is 23.2 Å². The van der Waals surface area contributed by atoms with Gasteiger partial charge in [0.2, 0.25) is 5.91 Å². The van der Waals surface area contributed by atoms with Gasteiger partial charge in [-0.2, -0.15) is 0 Å². The van der Waals surface area contributed by atoms with E-state index in [1.54, 1.807) is 42.5 Å². The van der Waals surface area contributed by atoms with Crippen LogP contribution in [-0.2, 0) is 4.79 Å². The third kappa shape index (κ3) is 3.78. The molecule has 3 aromatic carbocycles. The minimum Gasteiger partial charge on any atom is -0.508 e. The van der Waals surface area contributed by atoms with Gasteiger partial charge in [0.05, 0.1) is 12.7 Å². The van der Waals surface area contributed by atoms with Crippen LogP contribution in [0, 0.1) is 0 Å². The first kappa shape index (κ1) is 18.6. The molecule has 6 heteroatoms. The van der Waals surface area contributed by atoms with Crippen LogP contribution in [-0.4, -0.2) is 24.0 Å². The van der Waals surface area contributed by atoms with Crippen molar-refractivity contribution in [1.82, 2.24) is 0 Å². The Kier molecular flexibility index (Phi) is 4.91. The van der Waals surface area contributed by atoms with Gasteiger partial charge in [0, 0.05) is 23.7 Å². The summed E-state index contributed by atoms with van der Waals surface area (Å²) in [6.45, 7) is 0. The molecule has 3 aromatic rings. The summed E-state index contributed by atoms with van der Waals surface area (Å²) in [5.41, 5.74) is 3.58. The third-order valence-corrected chi connectivity index (χ3v) is 5.00. The fraction of sp³-hybridized carbons (Fsp3) is 0.130. The molecule has 1 atom stereocenters. The average Bonchev–Trinajstić information content (AvgIpc) is 2.73. The second-order valence-corrected chi connectivity index (χ2v) is 6.85. The van der Waals surface area contributed by atoms with Gasteiger partial charge in [-0.05, 0) is 47.5 Å². The van der Waals surface area contributed by atoms with E-state index in [4.69, 9.17) is 4.74 Å². The number of methoxy groups -OCH3 is 1. The lowest BCUT2D eigenvalue weighted by molar-refractivity contribution is -0.116. The summed E-state index contributed by atoms with van der Waals surface area (Å²) in [6.07, 6.45) is 0.324. The highest BCUT2D eigenvalue weighted by Crippen LogP contribution is 2.38. The summed E-state index contributed by atoms with van der Waals surface area (Å²) in [6, 6.07) is 19.3. The molecule has 1 heterocycles. The molecule has 0 unspecified atom stereocenters. The van der Waals surface area contributed by atoms with Gasteiger partial charge in [-0.1, -0.05) is 30.3 Å². The number of amides is 2. The Morgan fingerprint density at radius 1 is 1.10 bits per heavy atom. The summed E-state index contributed by atoms with van der Waals surface area (Å²) in [5.74, 6) is 0.175. The van der Waals surface area contributed by atoms with E-state index in [1.165, 1.54) is 7.11 Å². The SMILES string of the molecule is COc1ccccc1C(=O)Nc1ccc2c(c1)NC(=O)C[C@H]2c1ccc(O)cc1. The van der Waals surface area contributed by atoms with Crippen molar-refractivity contribution in [2.24, 2.45) is 0 Å². The Morgan fingerprint density at radius 3 is 2.62 bits per heavy atom. The van der Waals surface area contributed by atoms with Gasteiger partial charge in [0.1, 0.15) is 11.5 Å². The summed E-state index contributed by atoms with van der Waals surface area (Å²) >= 11 is 0. The van der Waals surface area contributed by atoms with Crippen LogP contribution in [0.5, 0.6) is 11.5 Å². The van der Waals surface area contributed by atoms with Crippen LogP contribution in [0.25, 0.3) is 0 Å². The molecule has 0 radical (unpaired) electrons. The number of anilines is 2. The molecule has 4 rings (SSSR count). The first-order chi connectivity index (χ1) is 14.0. The van der Waals surface area contributed by atoms with E-state index in [9.17, 15) is 14.7 Å². The molecule has 0 spiro atoms. The number of phenols is 1. The number of carbonyl (C=O) groups is 2. The van der Waals surface area contributed by atoms with Crippen LogP contribution in [0.2, 0.25) is 0 Å². The summed E-state index contributed by atoms with van der Waals surface area (Å²) in [4.78, 5) is 24.9. The van der Waals surface area contributed by atoms with Crippen molar-refractivity contribution in [3.05, 3.63) is 83.4 Å². The van der Waals surface area contributed by atoms with Gasteiger partial charge in [-0.15, -0.1) is 0 Å².